The van der Waals surface area contributed by atoms with Gasteiger partial charge in [0.15, 0.2) is 0 Å². The van der Waals surface area contributed by atoms with Crippen LogP contribution in [0.1, 0.15) is 52.9 Å². The fourth-order valence-corrected chi connectivity index (χ4v) is 2.46. The maximum Gasteiger partial charge on any atom is 0.224 e. The Kier molecular flexibility index (Phi) is 4.99. The minimum atomic E-state index is -0.0889. The molecule has 0 radical (unpaired) electrons. The van der Waals surface area contributed by atoms with E-state index < -0.39 is 0 Å². The number of unbranched alkanes of at least 4 members (excludes halogenated alkanes) is 2. The van der Waals surface area contributed by atoms with Crippen LogP contribution in [0.4, 0.5) is 0 Å². The zero-order chi connectivity index (χ0) is 12.9. The Bertz CT molecular complexity index is 304. The molecule has 17 heavy (non-hydrogen) atoms. The van der Waals surface area contributed by atoms with Crippen molar-refractivity contribution in [3.05, 3.63) is 0 Å². The molecule has 0 bridgehead atoms. The molecule has 0 aliphatic carbocycles. The van der Waals surface area contributed by atoms with Crippen molar-refractivity contribution in [3.8, 4) is 6.07 Å². The maximum absolute atomic E-state index is 11.7. The van der Waals surface area contributed by atoms with Gasteiger partial charge < -0.3 is 4.90 Å². The van der Waals surface area contributed by atoms with Crippen molar-refractivity contribution in [1.29, 1.82) is 5.26 Å². The average Bonchev–Trinajstić information content (AvgIpc) is 2.59. The van der Waals surface area contributed by atoms with Crippen molar-refractivity contribution in [2.45, 2.75) is 52.9 Å². The van der Waals surface area contributed by atoms with Crippen LogP contribution in [0.2, 0.25) is 0 Å². The number of carbonyl (C=O) groups excluding carboxylic acids is 1. The molecule has 1 amide bonds. The molecule has 1 saturated heterocycles. The molecule has 3 nitrogen and oxygen atoms in total. The van der Waals surface area contributed by atoms with Crippen molar-refractivity contribution < 1.29 is 4.79 Å². The molecule has 96 valence electrons. The van der Waals surface area contributed by atoms with Crippen molar-refractivity contribution in [3.63, 3.8) is 0 Å². The van der Waals surface area contributed by atoms with Crippen LogP contribution in [0.3, 0.4) is 0 Å². The lowest BCUT2D eigenvalue weighted by Crippen LogP contribution is -2.35. The van der Waals surface area contributed by atoms with Crippen molar-refractivity contribution in [2.24, 2.45) is 11.3 Å². The van der Waals surface area contributed by atoms with Crippen LogP contribution in [-0.2, 0) is 4.79 Å². The second-order valence-electron chi connectivity index (χ2n) is 5.93. The van der Waals surface area contributed by atoms with Crippen molar-refractivity contribution in [1.82, 2.24) is 4.90 Å². The summed E-state index contributed by atoms with van der Waals surface area (Å²) in [5.74, 6) is 0.0639. The van der Waals surface area contributed by atoms with E-state index in [4.69, 9.17) is 5.26 Å². The Balaban J connectivity index is 2.42. The van der Waals surface area contributed by atoms with Gasteiger partial charge in [0.2, 0.25) is 5.91 Å². The van der Waals surface area contributed by atoms with E-state index in [-0.39, 0.29) is 17.2 Å². The normalized spacial score (nSPS) is 20.7. The number of hydrogen-bond donors (Lipinski definition) is 0. The molecule has 0 spiro atoms. The standard InChI is InChI=1S/C14H24N2O/c1-4-5-6-7-14(2,3)11-16-10-12(9-15)8-13(16)17/h12H,4-8,10-11H2,1-3H3. The molecule has 1 unspecified atom stereocenters. The van der Waals surface area contributed by atoms with Gasteiger partial charge in [0.1, 0.15) is 0 Å². The summed E-state index contributed by atoms with van der Waals surface area (Å²) in [4.78, 5) is 13.6. The second-order valence-corrected chi connectivity index (χ2v) is 5.93. The third kappa shape index (κ3) is 4.38. The SMILES string of the molecule is CCCCCC(C)(C)CN1CC(C#N)CC1=O. The highest BCUT2D eigenvalue weighted by Crippen LogP contribution is 2.28. The average molecular weight is 236 g/mol. The van der Waals surface area contributed by atoms with Crippen LogP contribution in [0.15, 0.2) is 0 Å². The van der Waals surface area contributed by atoms with Gasteiger partial charge in [0.05, 0.1) is 12.0 Å². The number of hydrogen-bond acceptors (Lipinski definition) is 2. The summed E-state index contributed by atoms with van der Waals surface area (Å²) in [5.41, 5.74) is 0.176. The van der Waals surface area contributed by atoms with Crippen LogP contribution in [0.25, 0.3) is 0 Å². The molecule has 1 fully saturated rings. The Morgan fingerprint density at radius 3 is 2.71 bits per heavy atom. The van der Waals surface area contributed by atoms with Crippen LogP contribution in [0.5, 0.6) is 0 Å². The number of nitrogens with zero attached hydrogens (tertiary/aromatic N) is 2. The van der Waals surface area contributed by atoms with Gasteiger partial charge in [0.25, 0.3) is 0 Å². The summed E-state index contributed by atoms with van der Waals surface area (Å²) in [7, 11) is 0. The predicted octanol–water partition coefficient (Wildman–Crippen LogP) is 2.96. The first-order valence-corrected chi connectivity index (χ1v) is 6.66. The van der Waals surface area contributed by atoms with Gasteiger partial charge in [-0.05, 0) is 11.8 Å². The molecule has 1 aliphatic rings. The molecular formula is C14H24N2O. The molecule has 1 aliphatic heterocycles. The monoisotopic (exact) mass is 236 g/mol. The first-order valence-electron chi connectivity index (χ1n) is 6.66. The van der Waals surface area contributed by atoms with E-state index in [1.54, 1.807) is 0 Å². The lowest BCUT2D eigenvalue weighted by atomic mass is 9.86. The van der Waals surface area contributed by atoms with Crippen molar-refractivity contribution >= 4 is 5.91 Å². The van der Waals surface area contributed by atoms with E-state index >= 15 is 0 Å². The molecule has 0 saturated carbocycles. The maximum atomic E-state index is 11.7. The first-order chi connectivity index (χ1) is 7.98. The van der Waals surface area contributed by atoms with Crippen LogP contribution in [0, 0.1) is 22.7 Å². The molecule has 1 atom stereocenters. The van der Waals surface area contributed by atoms with Gasteiger partial charge in [0, 0.05) is 19.5 Å². The van der Waals surface area contributed by atoms with Gasteiger partial charge in [-0.1, -0.05) is 40.0 Å². The lowest BCUT2D eigenvalue weighted by Gasteiger charge is -2.30. The van der Waals surface area contributed by atoms with Gasteiger partial charge in [-0.25, -0.2) is 0 Å². The summed E-state index contributed by atoms with van der Waals surface area (Å²) in [6, 6.07) is 2.20. The third-order valence-electron chi connectivity index (χ3n) is 3.47. The van der Waals surface area contributed by atoms with E-state index in [9.17, 15) is 4.79 Å². The Labute approximate surface area is 105 Å². The molecular weight excluding hydrogens is 212 g/mol. The van der Waals surface area contributed by atoms with Crippen LogP contribution < -0.4 is 0 Å². The smallest absolute Gasteiger partial charge is 0.224 e. The number of likely N-dealkylation sites (tertiary alicyclic amines) is 1. The summed E-state index contributed by atoms with van der Waals surface area (Å²) in [6.07, 6.45) is 5.30. The fourth-order valence-electron chi connectivity index (χ4n) is 2.46. The number of carbonyl (C=O) groups is 1. The van der Waals surface area contributed by atoms with Gasteiger partial charge >= 0.3 is 0 Å². The van der Waals surface area contributed by atoms with Gasteiger partial charge in [-0.3, -0.25) is 4.79 Å². The second kappa shape index (κ2) is 6.05. The molecule has 3 heteroatoms. The van der Waals surface area contributed by atoms with Gasteiger partial charge in [-0.15, -0.1) is 0 Å². The van der Waals surface area contributed by atoms with E-state index in [1.165, 1.54) is 19.3 Å². The molecule has 1 heterocycles. The zero-order valence-electron chi connectivity index (χ0n) is 11.3. The summed E-state index contributed by atoms with van der Waals surface area (Å²) >= 11 is 0. The minimum Gasteiger partial charge on any atom is -0.341 e. The summed E-state index contributed by atoms with van der Waals surface area (Å²) < 4.78 is 0. The highest BCUT2D eigenvalue weighted by molar-refractivity contribution is 5.79. The third-order valence-corrected chi connectivity index (χ3v) is 3.47. The van der Waals surface area contributed by atoms with E-state index in [0.717, 1.165) is 13.0 Å². The van der Waals surface area contributed by atoms with Gasteiger partial charge in [-0.2, -0.15) is 5.26 Å². The predicted molar refractivity (Wildman–Crippen MR) is 68.2 cm³/mol. The molecule has 0 aromatic rings. The largest absolute Gasteiger partial charge is 0.341 e. The summed E-state index contributed by atoms with van der Waals surface area (Å²) in [6.45, 7) is 8.07. The molecule has 1 rings (SSSR count). The Morgan fingerprint density at radius 2 is 2.18 bits per heavy atom. The van der Waals surface area contributed by atoms with Crippen LogP contribution >= 0.6 is 0 Å². The first kappa shape index (κ1) is 14.0. The number of rotatable bonds is 6. The Morgan fingerprint density at radius 1 is 1.47 bits per heavy atom. The fraction of sp³-hybridized carbons (Fsp3) is 0.857. The number of nitriles is 1. The molecule has 0 aromatic carbocycles. The van der Waals surface area contributed by atoms with Crippen molar-refractivity contribution in [2.75, 3.05) is 13.1 Å². The van der Waals surface area contributed by atoms with E-state index in [2.05, 4.69) is 26.8 Å². The van der Waals surface area contributed by atoms with Crippen LogP contribution in [-0.4, -0.2) is 23.9 Å². The quantitative estimate of drug-likeness (QED) is 0.665. The highest BCUT2D eigenvalue weighted by Gasteiger charge is 2.33. The molecule has 0 aromatic heterocycles. The zero-order valence-corrected chi connectivity index (χ0v) is 11.3. The van der Waals surface area contributed by atoms with E-state index in [0.29, 0.717) is 13.0 Å². The highest BCUT2D eigenvalue weighted by atomic mass is 16.2. The Hall–Kier alpha value is -1.04. The van der Waals surface area contributed by atoms with E-state index in [1.807, 2.05) is 4.90 Å². The summed E-state index contributed by atoms with van der Waals surface area (Å²) in [5, 5.41) is 8.84. The minimum absolute atomic E-state index is 0.0889. The number of amides is 1. The molecule has 0 N–H and O–H groups in total. The lowest BCUT2D eigenvalue weighted by molar-refractivity contribution is -0.129. The topological polar surface area (TPSA) is 44.1 Å².